The average Bonchev–Trinajstić information content (AvgIpc) is 2.94. The molecule has 188 valence electrons. The fourth-order valence-corrected chi connectivity index (χ4v) is 5.25. The van der Waals surface area contributed by atoms with Gasteiger partial charge < -0.3 is 19.9 Å². The number of likely N-dealkylation sites (tertiary alicyclic amines) is 2. The lowest BCUT2D eigenvalue weighted by molar-refractivity contribution is 0.0529. The van der Waals surface area contributed by atoms with Crippen LogP contribution in [0.15, 0.2) is 60.9 Å². The molecule has 2 aliphatic rings. The van der Waals surface area contributed by atoms with Gasteiger partial charge in [-0.1, -0.05) is 24.6 Å². The smallest absolute Gasteiger partial charge is 0.254 e. The van der Waals surface area contributed by atoms with E-state index in [1.165, 1.54) is 25.7 Å². The maximum absolute atomic E-state index is 13.5. The van der Waals surface area contributed by atoms with Crippen molar-refractivity contribution in [1.29, 1.82) is 0 Å². The normalized spacial score (nSPS) is 18.6. The zero-order valence-corrected chi connectivity index (χ0v) is 21.0. The summed E-state index contributed by atoms with van der Waals surface area (Å²) < 4.78 is 5.23. The molecule has 2 aromatic carbocycles. The molecule has 0 spiro atoms. The van der Waals surface area contributed by atoms with E-state index in [4.69, 9.17) is 4.74 Å². The van der Waals surface area contributed by atoms with Crippen LogP contribution in [0.5, 0.6) is 5.75 Å². The van der Waals surface area contributed by atoms with E-state index in [1.807, 2.05) is 48.5 Å². The van der Waals surface area contributed by atoms with Crippen molar-refractivity contribution >= 4 is 17.5 Å². The van der Waals surface area contributed by atoms with Crippen LogP contribution >= 0.6 is 0 Å². The Hall–Kier alpha value is -3.45. The maximum atomic E-state index is 13.5. The Morgan fingerprint density at radius 2 is 1.69 bits per heavy atom. The van der Waals surface area contributed by atoms with Crippen molar-refractivity contribution in [2.75, 3.05) is 38.6 Å². The summed E-state index contributed by atoms with van der Waals surface area (Å²) in [6, 6.07) is 15.8. The number of anilines is 2. The fraction of sp³-hybridized carbons (Fsp3) is 0.414. The number of rotatable bonds is 7. The van der Waals surface area contributed by atoms with Gasteiger partial charge in [0.25, 0.3) is 5.91 Å². The van der Waals surface area contributed by atoms with Gasteiger partial charge in [0.05, 0.1) is 7.11 Å². The molecule has 1 N–H and O–H groups in total. The summed E-state index contributed by atoms with van der Waals surface area (Å²) >= 11 is 0. The lowest BCUT2D eigenvalue weighted by Crippen LogP contribution is -2.50. The number of nitrogens with zero attached hydrogens (tertiary/aromatic N) is 4. The van der Waals surface area contributed by atoms with Crippen molar-refractivity contribution < 1.29 is 9.53 Å². The third kappa shape index (κ3) is 5.85. The molecule has 0 saturated carbocycles. The van der Waals surface area contributed by atoms with Gasteiger partial charge >= 0.3 is 0 Å². The maximum Gasteiger partial charge on any atom is 0.254 e. The van der Waals surface area contributed by atoms with Gasteiger partial charge in [-0.25, -0.2) is 9.97 Å². The van der Waals surface area contributed by atoms with Crippen LogP contribution < -0.4 is 10.1 Å². The first-order valence-corrected chi connectivity index (χ1v) is 13.1. The van der Waals surface area contributed by atoms with E-state index in [9.17, 15) is 4.79 Å². The van der Waals surface area contributed by atoms with E-state index >= 15 is 0 Å². The minimum atomic E-state index is 0.121. The number of carbonyl (C=O) groups is 1. The van der Waals surface area contributed by atoms with Gasteiger partial charge in [-0.3, -0.25) is 4.79 Å². The van der Waals surface area contributed by atoms with Gasteiger partial charge in [0, 0.05) is 48.3 Å². The first kappa shape index (κ1) is 24.3. The molecule has 2 fully saturated rings. The number of aromatic nitrogens is 2. The number of piperidine rings is 2. The molecule has 0 bridgehead atoms. The highest BCUT2D eigenvalue weighted by molar-refractivity contribution is 5.95. The van der Waals surface area contributed by atoms with E-state index in [0.29, 0.717) is 17.6 Å². The van der Waals surface area contributed by atoms with E-state index in [2.05, 4.69) is 25.1 Å². The van der Waals surface area contributed by atoms with Crippen molar-refractivity contribution in [3.8, 4) is 16.9 Å². The second kappa shape index (κ2) is 11.5. The lowest BCUT2D eigenvalue weighted by Gasteiger charge is -2.39. The molecule has 1 atom stereocenters. The van der Waals surface area contributed by atoms with Crippen molar-refractivity contribution in [2.24, 2.45) is 0 Å². The Bertz CT molecular complexity index is 1140. The van der Waals surface area contributed by atoms with E-state index < -0.39 is 0 Å². The molecule has 2 aliphatic heterocycles. The van der Waals surface area contributed by atoms with Crippen molar-refractivity contribution in [3.05, 3.63) is 66.5 Å². The van der Waals surface area contributed by atoms with Crippen LogP contribution in [-0.2, 0) is 0 Å². The third-order valence-electron chi connectivity index (χ3n) is 7.25. The fourth-order valence-electron chi connectivity index (χ4n) is 5.25. The topological polar surface area (TPSA) is 70.6 Å². The Morgan fingerprint density at radius 3 is 2.44 bits per heavy atom. The molecule has 0 aliphatic carbocycles. The number of hydrogen-bond acceptors (Lipinski definition) is 6. The van der Waals surface area contributed by atoms with Gasteiger partial charge in [-0.05, 0) is 81.1 Å². The van der Waals surface area contributed by atoms with Gasteiger partial charge in [0.15, 0.2) is 0 Å². The van der Waals surface area contributed by atoms with Crippen molar-refractivity contribution in [2.45, 2.75) is 44.6 Å². The van der Waals surface area contributed by atoms with Gasteiger partial charge in [0.1, 0.15) is 5.75 Å². The largest absolute Gasteiger partial charge is 0.497 e. The number of nitrogens with one attached hydrogen (secondary N) is 1. The summed E-state index contributed by atoms with van der Waals surface area (Å²) in [4.78, 5) is 27.2. The first-order valence-electron chi connectivity index (χ1n) is 13.1. The number of ether oxygens (including phenoxy) is 1. The van der Waals surface area contributed by atoms with Crippen LogP contribution in [0.25, 0.3) is 11.1 Å². The predicted molar refractivity (Wildman–Crippen MR) is 143 cm³/mol. The quantitative estimate of drug-likeness (QED) is 0.485. The molecule has 7 heteroatoms. The molecule has 36 heavy (non-hydrogen) atoms. The molecule has 1 amide bonds. The second-order valence-electron chi connectivity index (χ2n) is 9.74. The Kier molecular flexibility index (Phi) is 7.76. The van der Waals surface area contributed by atoms with Crippen molar-refractivity contribution in [1.82, 2.24) is 19.8 Å². The van der Waals surface area contributed by atoms with Crippen LogP contribution in [-0.4, -0.2) is 65.0 Å². The lowest BCUT2D eigenvalue weighted by atomic mass is 9.99. The number of hydrogen-bond donors (Lipinski definition) is 1. The number of amides is 1. The van der Waals surface area contributed by atoms with Crippen LogP contribution in [0.3, 0.4) is 0 Å². The third-order valence-corrected chi connectivity index (χ3v) is 7.25. The highest BCUT2D eigenvalue weighted by Crippen LogP contribution is 2.25. The number of benzene rings is 2. The Labute approximate surface area is 213 Å². The molecule has 3 heterocycles. The molecule has 5 rings (SSSR count). The minimum Gasteiger partial charge on any atom is -0.497 e. The van der Waals surface area contributed by atoms with Crippen LogP contribution in [0, 0.1) is 0 Å². The summed E-state index contributed by atoms with van der Waals surface area (Å²) in [7, 11) is 1.65. The predicted octanol–water partition coefficient (Wildman–Crippen LogP) is 5.38. The molecule has 3 aromatic rings. The second-order valence-corrected chi connectivity index (χ2v) is 9.74. The van der Waals surface area contributed by atoms with Crippen LogP contribution in [0.1, 0.15) is 48.9 Å². The monoisotopic (exact) mass is 485 g/mol. The first-order chi connectivity index (χ1) is 17.7. The number of methoxy groups -OCH3 is 1. The van der Waals surface area contributed by atoms with Crippen LogP contribution in [0.4, 0.5) is 11.6 Å². The molecular formula is C29H35N5O2. The molecular weight excluding hydrogens is 450 g/mol. The average molecular weight is 486 g/mol. The molecule has 7 nitrogen and oxygen atoms in total. The Morgan fingerprint density at radius 1 is 0.944 bits per heavy atom. The van der Waals surface area contributed by atoms with Gasteiger partial charge in [-0.2, -0.15) is 0 Å². The Balaban J connectivity index is 1.25. The highest BCUT2D eigenvalue weighted by atomic mass is 16.5. The summed E-state index contributed by atoms with van der Waals surface area (Å²) in [5.74, 6) is 1.43. The molecule has 1 aromatic heterocycles. The molecule has 2 saturated heterocycles. The molecule has 1 unspecified atom stereocenters. The summed E-state index contributed by atoms with van der Waals surface area (Å²) in [5.41, 5.74) is 3.47. The van der Waals surface area contributed by atoms with Crippen molar-refractivity contribution in [3.63, 3.8) is 0 Å². The molecule has 0 radical (unpaired) electrons. The number of carbonyl (C=O) groups excluding carboxylic acids is 1. The standard InChI is InChI=1S/C29H35N5O2/c1-36-27-13-11-22(12-14-27)24-19-30-29(31-20-24)32-25-9-7-8-23(18-25)28(35)34-17-6-3-10-26(34)21-33-15-4-2-5-16-33/h7-9,11-14,18-20,26H,2-6,10,15-17,21H2,1H3,(H,30,31,32). The summed E-state index contributed by atoms with van der Waals surface area (Å²) in [5, 5.41) is 3.25. The minimum absolute atomic E-state index is 0.121. The van der Waals surface area contributed by atoms with Crippen LogP contribution in [0.2, 0.25) is 0 Å². The highest BCUT2D eigenvalue weighted by Gasteiger charge is 2.29. The summed E-state index contributed by atoms with van der Waals surface area (Å²) in [6.07, 6.45) is 10.8. The van der Waals surface area contributed by atoms with Gasteiger partial charge in [-0.15, -0.1) is 0 Å². The van der Waals surface area contributed by atoms with E-state index in [0.717, 1.165) is 61.6 Å². The zero-order chi connectivity index (χ0) is 24.7. The zero-order valence-electron chi connectivity index (χ0n) is 21.0. The van der Waals surface area contributed by atoms with E-state index in [1.54, 1.807) is 19.5 Å². The SMILES string of the molecule is COc1ccc(-c2cnc(Nc3cccc(C(=O)N4CCCCC4CN4CCCCC4)c3)nc2)cc1. The van der Waals surface area contributed by atoms with E-state index in [-0.39, 0.29) is 5.91 Å². The summed E-state index contributed by atoms with van der Waals surface area (Å²) in [6.45, 7) is 4.16. The van der Waals surface area contributed by atoms with Gasteiger partial charge in [0.2, 0.25) is 5.95 Å².